The van der Waals surface area contributed by atoms with Crippen molar-refractivity contribution in [1.82, 2.24) is 0 Å². The van der Waals surface area contributed by atoms with Gasteiger partial charge in [-0.25, -0.2) is 0 Å². The molecule has 2 aromatic rings. The predicted octanol–water partition coefficient (Wildman–Crippen LogP) is 7.54. The highest BCUT2D eigenvalue weighted by Crippen LogP contribution is 2.51. The molecule has 1 N–H and O–H groups in total. The summed E-state index contributed by atoms with van der Waals surface area (Å²) in [5.41, 5.74) is 9.15. The highest BCUT2D eigenvalue weighted by Gasteiger charge is 2.43. The molecule has 0 saturated heterocycles. The van der Waals surface area contributed by atoms with Crippen LogP contribution in [0.2, 0.25) is 0 Å². The normalized spacial score (nSPS) is 21.9. The summed E-state index contributed by atoms with van der Waals surface area (Å²) in [7, 11) is 0. The van der Waals surface area contributed by atoms with Crippen LogP contribution in [0, 0.1) is 0 Å². The fraction of sp³-hybridized carbons (Fsp3) is 0.529. The fourth-order valence-electron chi connectivity index (χ4n) is 7.74. The van der Waals surface area contributed by atoms with Gasteiger partial charge in [-0.05, 0) is 107 Å². The maximum Gasteiger partial charge on any atom is 0.303 e. The number of fused-ring (bicyclic) bond motifs is 4. The molecule has 1 aliphatic carbocycles. The minimum atomic E-state index is -0.759. The van der Waals surface area contributed by atoms with Gasteiger partial charge in [0.1, 0.15) is 0 Å². The molecule has 1 atom stereocenters. The molecule has 0 saturated carbocycles. The van der Waals surface area contributed by atoms with Crippen LogP contribution in [0.5, 0.6) is 0 Å². The summed E-state index contributed by atoms with van der Waals surface area (Å²) in [6, 6.07) is 8.84. The number of carboxylic acids is 1. The first-order valence-electron chi connectivity index (χ1n) is 14.5. The lowest BCUT2D eigenvalue weighted by Crippen LogP contribution is -2.49. The summed E-state index contributed by atoms with van der Waals surface area (Å²) in [4.78, 5) is 30.3. The first-order valence-corrected chi connectivity index (χ1v) is 14.5. The van der Waals surface area contributed by atoms with Crippen LogP contribution in [0.3, 0.4) is 0 Å². The molecule has 0 fully saturated rings. The molecule has 5 nitrogen and oxygen atoms in total. The monoisotopic (exact) mass is 528 g/mol. The van der Waals surface area contributed by atoms with Crippen LogP contribution in [0.15, 0.2) is 30.3 Å². The Bertz CT molecular complexity index is 1410. The van der Waals surface area contributed by atoms with Gasteiger partial charge in [0.2, 0.25) is 0 Å². The zero-order chi connectivity index (χ0) is 28.7. The Kier molecular flexibility index (Phi) is 6.32. The number of carbonyl (C=O) groups excluding carboxylic acids is 1. The summed E-state index contributed by atoms with van der Waals surface area (Å²) in [6.45, 7) is 21.7. The summed E-state index contributed by atoms with van der Waals surface area (Å²) >= 11 is 0. The number of allylic oxidation sites excluding steroid dienone is 1. The van der Waals surface area contributed by atoms with Crippen molar-refractivity contribution < 1.29 is 14.7 Å². The van der Waals surface area contributed by atoms with Gasteiger partial charge in [-0.2, -0.15) is 0 Å². The molecule has 2 aliphatic heterocycles. The minimum absolute atomic E-state index is 0.0992. The Hall–Kier alpha value is -3.08. The van der Waals surface area contributed by atoms with E-state index in [-0.39, 0.29) is 28.7 Å². The van der Waals surface area contributed by atoms with Crippen molar-refractivity contribution >= 4 is 28.7 Å². The molecular weight excluding hydrogens is 484 g/mol. The van der Waals surface area contributed by atoms with Gasteiger partial charge in [0.25, 0.3) is 0 Å². The number of benzene rings is 2. The number of ketones is 1. The van der Waals surface area contributed by atoms with Gasteiger partial charge >= 0.3 is 5.97 Å². The molecule has 0 aromatic heterocycles. The zero-order valence-corrected chi connectivity index (χ0v) is 25.2. The summed E-state index contributed by atoms with van der Waals surface area (Å²) in [6.07, 6.45) is 4.02. The standard InChI is InChI=1S/C34H44N2O3/c1-10-35-28-16-26-24(14-22(28)20(2)18-32(35,4)5)31(39)25-15-23-21(3)19-33(6,7)36(13-11-12-30(37)38)29(23)17-27(25)34(26,8)9/h14-18,21H,10-13,19H2,1-9H3,(H,37,38). The smallest absolute Gasteiger partial charge is 0.303 e. The number of hydrogen-bond acceptors (Lipinski definition) is 4. The minimum Gasteiger partial charge on any atom is -0.481 e. The molecule has 2 heterocycles. The van der Waals surface area contributed by atoms with Crippen molar-refractivity contribution in [1.29, 1.82) is 0 Å². The Balaban J connectivity index is 1.68. The molecule has 3 aliphatic rings. The molecule has 5 rings (SSSR count). The molecular formula is C34H44N2O3. The van der Waals surface area contributed by atoms with E-state index in [1.165, 1.54) is 16.8 Å². The Labute approximate surface area is 233 Å². The molecule has 39 heavy (non-hydrogen) atoms. The van der Waals surface area contributed by atoms with Crippen molar-refractivity contribution in [2.45, 2.75) is 104 Å². The maximum atomic E-state index is 14.2. The van der Waals surface area contributed by atoms with E-state index in [4.69, 9.17) is 0 Å². The van der Waals surface area contributed by atoms with E-state index < -0.39 is 5.97 Å². The van der Waals surface area contributed by atoms with Crippen LogP contribution in [-0.4, -0.2) is 41.0 Å². The highest BCUT2D eigenvalue weighted by atomic mass is 16.4. The second kappa shape index (κ2) is 8.97. The Morgan fingerprint density at radius 3 is 2.18 bits per heavy atom. The fourth-order valence-corrected chi connectivity index (χ4v) is 7.74. The maximum absolute atomic E-state index is 14.2. The first kappa shape index (κ1) is 27.5. The number of rotatable bonds is 5. The molecule has 0 radical (unpaired) electrons. The summed E-state index contributed by atoms with van der Waals surface area (Å²) in [5.74, 6) is -0.340. The van der Waals surface area contributed by atoms with Crippen molar-refractivity contribution in [3.8, 4) is 0 Å². The molecule has 1 unspecified atom stereocenters. The van der Waals surface area contributed by atoms with Crippen LogP contribution in [0.25, 0.3) is 5.57 Å². The molecule has 0 spiro atoms. The third kappa shape index (κ3) is 4.20. The molecule has 0 amide bonds. The SMILES string of the molecule is CCN1c2cc3c(cc2C(C)=CC1(C)C)C(=O)c1cc2c(cc1C3(C)C)N(CCCC(=O)O)C(C)(C)CC2C. The van der Waals surface area contributed by atoms with Gasteiger partial charge in [-0.3, -0.25) is 9.59 Å². The highest BCUT2D eigenvalue weighted by molar-refractivity contribution is 6.14. The third-order valence-electron chi connectivity index (χ3n) is 9.57. The van der Waals surface area contributed by atoms with E-state index in [1.54, 1.807) is 0 Å². The third-order valence-corrected chi connectivity index (χ3v) is 9.57. The van der Waals surface area contributed by atoms with Crippen LogP contribution < -0.4 is 9.80 Å². The average Bonchev–Trinajstić information content (AvgIpc) is 2.82. The van der Waals surface area contributed by atoms with Gasteiger partial charge in [-0.1, -0.05) is 26.8 Å². The summed E-state index contributed by atoms with van der Waals surface area (Å²) in [5, 5.41) is 9.27. The Morgan fingerprint density at radius 2 is 1.56 bits per heavy atom. The van der Waals surface area contributed by atoms with Crippen LogP contribution in [0.4, 0.5) is 11.4 Å². The number of hydrogen-bond donors (Lipinski definition) is 1. The van der Waals surface area contributed by atoms with E-state index in [9.17, 15) is 14.7 Å². The lowest BCUT2D eigenvalue weighted by Gasteiger charge is -2.49. The van der Waals surface area contributed by atoms with Gasteiger partial charge in [-0.15, -0.1) is 0 Å². The average molecular weight is 529 g/mol. The van der Waals surface area contributed by atoms with Gasteiger partial charge in [0.05, 0.1) is 5.54 Å². The van der Waals surface area contributed by atoms with Crippen molar-refractivity contribution in [3.05, 3.63) is 63.7 Å². The number of carbonyl (C=O) groups is 2. The van der Waals surface area contributed by atoms with Gasteiger partial charge in [0, 0.05) is 58.5 Å². The van der Waals surface area contributed by atoms with Gasteiger partial charge < -0.3 is 14.9 Å². The zero-order valence-electron chi connectivity index (χ0n) is 25.2. The van der Waals surface area contributed by atoms with E-state index >= 15 is 0 Å². The van der Waals surface area contributed by atoms with E-state index in [1.807, 2.05) is 0 Å². The molecule has 2 aromatic carbocycles. The number of aliphatic carboxylic acids is 1. The molecule has 0 bridgehead atoms. The van der Waals surface area contributed by atoms with E-state index in [2.05, 4.69) is 102 Å². The number of likely N-dealkylation sites (N-methyl/N-ethyl adjacent to an activating group) is 1. The van der Waals surface area contributed by atoms with Crippen molar-refractivity contribution in [3.63, 3.8) is 0 Å². The lowest BCUT2D eigenvalue weighted by molar-refractivity contribution is -0.137. The van der Waals surface area contributed by atoms with E-state index in [0.29, 0.717) is 18.9 Å². The molecule has 208 valence electrons. The van der Waals surface area contributed by atoms with Crippen LogP contribution in [0.1, 0.15) is 126 Å². The van der Waals surface area contributed by atoms with Crippen LogP contribution in [-0.2, 0) is 10.2 Å². The van der Waals surface area contributed by atoms with Gasteiger partial charge in [0.15, 0.2) is 5.78 Å². The Morgan fingerprint density at radius 1 is 0.949 bits per heavy atom. The quantitative estimate of drug-likeness (QED) is 0.434. The first-order chi connectivity index (χ1) is 18.1. The number of carboxylic acid groups (broad SMARTS) is 1. The second-order valence-corrected chi connectivity index (χ2v) is 13.6. The topological polar surface area (TPSA) is 60.9 Å². The lowest BCUT2D eigenvalue weighted by atomic mass is 9.66. The number of anilines is 2. The molecule has 5 heteroatoms. The second-order valence-electron chi connectivity index (χ2n) is 13.6. The van der Waals surface area contributed by atoms with Crippen molar-refractivity contribution in [2.24, 2.45) is 0 Å². The largest absolute Gasteiger partial charge is 0.481 e. The predicted molar refractivity (Wildman–Crippen MR) is 161 cm³/mol. The van der Waals surface area contributed by atoms with Crippen LogP contribution >= 0.6 is 0 Å². The van der Waals surface area contributed by atoms with Crippen molar-refractivity contribution in [2.75, 3.05) is 22.9 Å². The van der Waals surface area contributed by atoms with E-state index in [0.717, 1.165) is 46.5 Å². The number of nitrogens with zero attached hydrogens (tertiary/aromatic N) is 2. The summed E-state index contributed by atoms with van der Waals surface area (Å²) < 4.78 is 0.